The molecular weight excluding hydrogens is 222 g/mol. The van der Waals surface area contributed by atoms with Crippen molar-refractivity contribution in [2.24, 2.45) is 12.8 Å². The lowest BCUT2D eigenvalue weighted by Crippen LogP contribution is -2.16. The average molecular weight is 235 g/mol. The van der Waals surface area contributed by atoms with E-state index in [-0.39, 0.29) is 5.91 Å². The van der Waals surface area contributed by atoms with Crippen LogP contribution in [0.1, 0.15) is 10.5 Å². The molecule has 17 heavy (non-hydrogen) atoms. The highest BCUT2D eigenvalue weighted by Gasteiger charge is 2.11. The predicted octanol–water partition coefficient (Wildman–Crippen LogP) is -0.777. The Morgan fingerprint density at radius 1 is 1.53 bits per heavy atom. The Morgan fingerprint density at radius 2 is 2.35 bits per heavy atom. The van der Waals surface area contributed by atoms with Crippen molar-refractivity contribution in [3.63, 3.8) is 0 Å². The van der Waals surface area contributed by atoms with E-state index in [4.69, 9.17) is 5.73 Å². The van der Waals surface area contributed by atoms with Crippen molar-refractivity contribution >= 4 is 11.9 Å². The first-order valence-electron chi connectivity index (χ1n) is 5.08. The number of aromatic nitrogens is 5. The third-order valence-electron chi connectivity index (χ3n) is 2.19. The number of carbonyl (C=O) groups excluding carboxylic acids is 1. The normalized spacial score (nSPS) is 10.5. The van der Waals surface area contributed by atoms with E-state index in [1.807, 2.05) is 0 Å². The molecular formula is C9H13N7O. The second-order valence-corrected chi connectivity index (χ2v) is 3.45. The molecule has 2 heterocycles. The van der Waals surface area contributed by atoms with Gasteiger partial charge in [0.05, 0.1) is 6.33 Å². The Morgan fingerprint density at radius 3 is 3.00 bits per heavy atom. The zero-order valence-corrected chi connectivity index (χ0v) is 9.37. The van der Waals surface area contributed by atoms with Gasteiger partial charge >= 0.3 is 0 Å². The summed E-state index contributed by atoms with van der Waals surface area (Å²) in [6.45, 7) is 1.13. The molecule has 0 fully saturated rings. The maximum absolute atomic E-state index is 11.8. The monoisotopic (exact) mass is 235 g/mol. The Hall–Kier alpha value is -2.22. The van der Waals surface area contributed by atoms with Gasteiger partial charge in [-0.25, -0.2) is 9.67 Å². The number of hydrogen-bond acceptors (Lipinski definition) is 5. The van der Waals surface area contributed by atoms with Gasteiger partial charge in [0.25, 0.3) is 5.91 Å². The van der Waals surface area contributed by atoms with E-state index in [1.54, 1.807) is 24.1 Å². The van der Waals surface area contributed by atoms with Crippen molar-refractivity contribution in [3.8, 4) is 0 Å². The highest BCUT2D eigenvalue weighted by atomic mass is 16.2. The minimum atomic E-state index is -0.322. The number of carbonyl (C=O) groups is 1. The van der Waals surface area contributed by atoms with Gasteiger partial charge in [-0.2, -0.15) is 10.1 Å². The number of rotatable bonds is 4. The lowest BCUT2D eigenvalue weighted by atomic mass is 10.4. The molecule has 2 rings (SSSR count). The summed E-state index contributed by atoms with van der Waals surface area (Å²) in [7, 11) is 1.69. The second kappa shape index (κ2) is 4.74. The van der Waals surface area contributed by atoms with Crippen molar-refractivity contribution < 1.29 is 4.79 Å². The van der Waals surface area contributed by atoms with Gasteiger partial charge in [-0.1, -0.05) is 0 Å². The minimum Gasteiger partial charge on any atom is -0.335 e. The lowest BCUT2D eigenvalue weighted by Gasteiger charge is -2.00. The average Bonchev–Trinajstić information content (AvgIpc) is 2.90. The summed E-state index contributed by atoms with van der Waals surface area (Å²) < 4.78 is 3.22. The molecule has 0 radical (unpaired) electrons. The van der Waals surface area contributed by atoms with E-state index in [2.05, 4.69) is 20.4 Å². The summed E-state index contributed by atoms with van der Waals surface area (Å²) in [5, 5.41) is 6.45. The van der Waals surface area contributed by atoms with Crippen LogP contribution in [0.5, 0.6) is 0 Å². The van der Waals surface area contributed by atoms with Gasteiger partial charge in [0.2, 0.25) is 5.95 Å². The minimum absolute atomic E-state index is 0.321. The van der Waals surface area contributed by atoms with Gasteiger partial charge in [0, 0.05) is 26.3 Å². The molecule has 1 amide bonds. The quantitative estimate of drug-likeness (QED) is 0.723. The predicted molar refractivity (Wildman–Crippen MR) is 60.2 cm³/mol. The Balaban J connectivity index is 2.07. The number of hydrogen-bond donors (Lipinski definition) is 2. The molecule has 0 aromatic carbocycles. The van der Waals surface area contributed by atoms with Gasteiger partial charge in [-0.3, -0.25) is 10.1 Å². The summed E-state index contributed by atoms with van der Waals surface area (Å²) in [6, 6.07) is 0. The fourth-order valence-electron chi connectivity index (χ4n) is 1.32. The summed E-state index contributed by atoms with van der Waals surface area (Å²) in [5.41, 5.74) is 5.73. The number of imidazole rings is 1. The Kier molecular flexibility index (Phi) is 3.15. The van der Waals surface area contributed by atoms with E-state index < -0.39 is 0 Å². The molecule has 0 aliphatic rings. The lowest BCUT2D eigenvalue weighted by molar-refractivity contribution is 0.102. The van der Waals surface area contributed by atoms with Crippen molar-refractivity contribution in [2.45, 2.75) is 6.54 Å². The van der Waals surface area contributed by atoms with Gasteiger partial charge in [-0.05, 0) is 0 Å². The highest BCUT2D eigenvalue weighted by Crippen LogP contribution is 2.02. The zero-order valence-electron chi connectivity index (χ0n) is 9.37. The van der Waals surface area contributed by atoms with Crippen molar-refractivity contribution in [1.82, 2.24) is 24.3 Å². The van der Waals surface area contributed by atoms with Gasteiger partial charge in [-0.15, -0.1) is 0 Å². The topological polar surface area (TPSA) is 104 Å². The van der Waals surface area contributed by atoms with Crippen molar-refractivity contribution in [1.29, 1.82) is 0 Å². The van der Waals surface area contributed by atoms with Crippen LogP contribution in [0, 0.1) is 0 Å². The number of nitrogens with zero attached hydrogens (tertiary/aromatic N) is 5. The van der Waals surface area contributed by atoms with Crippen LogP contribution in [0.15, 0.2) is 18.9 Å². The largest absolute Gasteiger partial charge is 0.335 e. The first-order chi connectivity index (χ1) is 8.20. The summed E-state index contributed by atoms with van der Waals surface area (Å²) in [5.74, 6) is 0.0558. The molecule has 0 aliphatic heterocycles. The van der Waals surface area contributed by atoms with E-state index in [1.165, 1.54) is 11.0 Å². The van der Waals surface area contributed by atoms with Crippen molar-refractivity contribution in [2.75, 3.05) is 11.9 Å². The van der Waals surface area contributed by atoms with Gasteiger partial charge < -0.3 is 10.3 Å². The molecule has 2 aromatic heterocycles. The molecule has 8 nitrogen and oxygen atoms in total. The van der Waals surface area contributed by atoms with E-state index in [9.17, 15) is 4.79 Å². The van der Waals surface area contributed by atoms with Gasteiger partial charge in [0.1, 0.15) is 12.0 Å². The van der Waals surface area contributed by atoms with Crippen LogP contribution in [0.2, 0.25) is 0 Å². The highest BCUT2D eigenvalue weighted by molar-refractivity contribution is 6.01. The van der Waals surface area contributed by atoms with E-state index in [0.717, 1.165) is 0 Å². The molecule has 0 bridgehead atoms. The molecule has 0 atom stereocenters. The van der Waals surface area contributed by atoms with Crippen LogP contribution >= 0.6 is 0 Å². The number of nitrogens with two attached hydrogens (primary N) is 1. The van der Waals surface area contributed by atoms with Crippen LogP contribution in [0.3, 0.4) is 0 Å². The summed E-state index contributed by atoms with van der Waals surface area (Å²) in [6.07, 6.45) is 4.57. The van der Waals surface area contributed by atoms with Crippen LogP contribution in [0.4, 0.5) is 5.95 Å². The first-order valence-corrected chi connectivity index (χ1v) is 5.08. The maximum atomic E-state index is 11.8. The molecule has 0 spiro atoms. The fourth-order valence-corrected chi connectivity index (χ4v) is 1.32. The third kappa shape index (κ3) is 2.48. The summed E-state index contributed by atoms with van der Waals surface area (Å²) >= 11 is 0. The smallest absolute Gasteiger partial charge is 0.278 e. The third-order valence-corrected chi connectivity index (χ3v) is 2.19. The first kappa shape index (κ1) is 11.3. The summed E-state index contributed by atoms with van der Waals surface area (Å²) in [4.78, 5) is 19.7. The fraction of sp³-hybridized carbons (Fsp3) is 0.333. The van der Waals surface area contributed by atoms with Crippen LogP contribution in [0.25, 0.3) is 0 Å². The van der Waals surface area contributed by atoms with Crippen molar-refractivity contribution in [3.05, 3.63) is 24.5 Å². The Labute approximate surface area is 97.5 Å². The zero-order chi connectivity index (χ0) is 12.3. The molecule has 0 saturated heterocycles. The Bertz CT molecular complexity index is 515. The molecule has 0 saturated carbocycles. The molecule has 0 aliphatic carbocycles. The van der Waals surface area contributed by atoms with E-state index >= 15 is 0 Å². The molecule has 2 aromatic rings. The SMILES string of the molecule is Cn1ncnc1NC(=O)c1cn(CCN)cn1. The number of aryl methyl sites for hydroxylation is 1. The van der Waals surface area contributed by atoms with Gasteiger partial charge in [0.15, 0.2) is 0 Å². The van der Waals surface area contributed by atoms with Crippen LogP contribution in [-0.2, 0) is 13.6 Å². The molecule has 3 N–H and O–H groups in total. The molecule has 90 valence electrons. The second-order valence-electron chi connectivity index (χ2n) is 3.45. The number of anilines is 1. The molecule has 8 heteroatoms. The van der Waals surface area contributed by atoms with E-state index in [0.29, 0.717) is 24.7 Å². The maximum Gasteiger partial charge on any atom is 0.278 e. The van der Waals surface area contributed by atoms with Crippen LogP contribution < -0.4 is 11.1 Å². The number of nitrogens with one attached hydrogen (secondary N) is 1. The molecule has 0 unspecified atom stereocenters. The number of amides is 1. The van der Waals surface area contributed by atoms with Crippen LogP contribution in [-0.4, -0.2) is 36.8 Å². The standard InChI is InChI=1S/C9H13N7O/c1-15-9(11-5-13-15)14-8(17)7-4-16(3-2-10)6-12-7/h4-6H,2-3,10H2,1H3,(H,11,13,14,17).